The highest BCUT2D eigenvalue weighted by atomic mass is 16.5. The van der Waals surface area contributed by atoms with E-state index < -0.39 is 6.23 Å². The number of nitrogens with zero attached hydrogens (tertiary/aromatic N) is 3. The van der Waals surface area contributed by atoms with E-state index in [9.17, 15) is 9.90 Å². The number of carbonyl (C=O) groups excluding carboxylic acids is 1. The number of aliphatic hydroxyl groups excluding tert-OH is 1. The number of hydrogen-bond donors (Lipinski definition) is 3. The van der Waals surface area contributed by atoms with Gasteiger partial charge in [-0.3, -0.25) is 10.1 Å². The molecule has 1 aromatic heterocycles. The van der Waals surface area contributed by atoms with Crippen molar-refractivity contribution in [3.8, 4) is 5.75 Å². The zero-order chi connectivity index (χ0) is 19.4. The van der Waals surface area contributed by atoms with E-state index in [1.54, 1.807) is 6.92 Å². The van der Waals surface area contributed by atoms with Gasteiger partial charge in [-0.1, -0.05) is 6.92 Å². The first-order chi connectivity index (χ1) is 13.0. The van der Waals surface area contributed by atoms with Crippen LogP contribution >= 0.6 is 0 Å². The first-order valence-corrected chi connectivity index (χ1v) is 9.54. The quantitative estimate of drug-likeness (QED) is 0.623. The first-order valence-electron chi connectivity index (χ1n) is 9.54. The first kappa shape index (κ1) is 19.6. The summed E-state index contributed by atoms with van der Waals surface area (Å²) < 4.78 is 7.92. The summed E-state index contributed by atoms with van der Waals surface area (Å²) in [5.74, 6) is 1.65. The van der Waals surface area contributed by atoms with Crippen LogP contribution in [-0.2, 0) is 11.3 Å². The lowest BCUT2D eigenvalue weighted by Crippen LogP contribution is -2.38. The molecule has 8 heteroatoms. The summed E-state index contributed by atoms with van der Waals surface area (Å²) in [6.45, 7) is 6.24. The van der Waals surface area contributed by atoms with Crippen LogP contribution in [0.25, 0.3) is 11.0 Å². The van der Waals surface area contributed by atoms with E-state index >= 15 is 0 Å². The molecule has 1 amide bonds. The van der Waals surface area contributed by atoms with Crippen LogP contribution in [0.2, 0.25) is 0 Å². The van der Waals surface area contributed by atoms with Crippen molar-refractivity contribution in [3.63, 3.8) is 0 Å². The molecule has 1 aliphatic heterocycles. The number of benzene rings is 1. The number of nitrogens with one attached hydrogen (secondary N) is 1. The largest absolute Gasteiger partial charge is 0.489 e. The normalized spacial score (nSPS) is 16.7. The van der Waals surface area contributed by atoms with Gasteiger partial charge in [-0.15, -0.1) is 0 Å². The van der Waals surface area contributed by atoms with Gasteiger partial charge in [-0.05, 0) is 31.5 Å². The number of nitrogens with two attached hydrogens (primary N) is 1. The summed E-state index contributed by atoms with van der Waals surface area (Å²) >= 11 is 0. The number of ether oxygens (including phenoxy) is 1. The summed E-state index contributed by atoms with van der Waals surface area (Å²) in [7, 11) is 0. The third-order valence-corrected chi connectivity index (χ3v) is 5.04. The van der Waals surface area contributed by atoms with Crippen molar-refractivity contribution in [2.45, 2.75) is 45.5 Å². The minimum absolute atomic E-state index is 0.123. The number of likely N-dealkylation sites (tertiary alicyclic amines) is 1. The monoisotopic (exact) mass is 375 g/mol. The third-order valence-electron chi connectivity index (χ3n) is 5.04. The summed E-state index contributed by atoms with van der Waals surface area (Å²) in [6.07, 6.45) is 1.05. The Kier molecular flexibility index (Phi) is 6.30. The number of piperidine rings is 1. The van der Waals surface area contributed by atoms with Crippen LogP contribution in [-0.4, -0.2) is 57.9 Å². The van der Waals surface area contributed by atoms with Crippen molar-refractivity contribution in [1.82, 2.24) is 19.8 Å². The van der Waals surface area contributed by atoms with Crippen LogP contribution < -0.4 is 15.8 Å². The average molecular weight is 375 g/mol. The molecule has 27 heavy (non-hydrogen) atoms. The zero-order valence-corrected chi connectivity index (χ0v) is 16.0. The lowest BCUT2D eigenvalue weighted by molar-refractivity contribution is -0.130. The van der Waals surface area contributed by atoms with Crippen LogP contribution in [0.5, 0.6) is 5.75 Å². The standard InChI is InChI=1S/C19H29N5O3/c1-3-21-19(26)12-27-15-4-5-16-17(10-15)24(18(11-20)22-16)14-6-8-23(9-7-14)13(2)25/h4-5,10,14,19,21,26H,3,6-9,11-12,20H2,1-2H3. The van der Waals surface area contributed by atoms with Gasteiger partial charge in [-0.25, -0.2) is 4.98 Å². The topological polar surface area (TPSA) is 106 Å². The fraction of sp³-hybridized carbons (Fsp3) is 0.579. The fourth-order valence-electron chi connectivity index (χ4n) is 3.67. The lowest BCUT2D eigenvalue weighted by atomic mass is 10.0. The Balaban J connectivity index is 1.83. The molecule has 0 spiro atoms. The van der Waals surface area contributed by atoms with Gasteiger partial charge in [0.2, 0.25) is 5.91 Å². The molecule has 0 bridgehead atoms. The second kappa shape index (κ2) is 8.69. The molecule has 8 nitrogen and oxygen atoms in total. The van der Waals surface area contributed by atoms with Crippen molar-refractivity contribution in [2.75, 3.05) is 26.2 Å². The Hall–Kier alpha value is -2.16. The Morgan fingerprint density at radius 2 is 2.19 bits per heavy atom. The van der Waals surface area contributed by atoms with Crippen LogP contribution in [0.1, 0.15) is 38.6 Å². The Bertz CT molecular complexity index is 783. The van der Waals surface area contributed by atoms with Crippen molar-refractivity contribution in [2.24, 2.45) is 5.73 Å². The van der Waals surface area contributed by atoms with Gasteiger partial charge >= 0.3 is 0 Å². The maximum Gasteiger partial charge on any atom is 0.219 e. The zero-order valence-electron chi connectivity index (χ0n) is 16.0. The second-order valence-electron chi connectivity index (χ2n) is 6.87. The van der Waals surface area contributed by atoms with Gasteiger partial charge in [0.1, 0.15) is 24.4 Å². The molecule has 148 valence electrons. The van der Waals surface area contributed by atoms with Gasteiger partial charge in [0, 0.05) is 32.1 Å². The predicted octanol–water partition coefficient (Wildman–Crippen LogP) is 0.985. The number of rotatable bonds is 7. The lowest BCUT2D eigenvalue weighted by Gasteiger charge is -2.33. The van der Waals surface area contributed by atoms with Gasteiger partial charge in [0.15, 0.2) is 0 Å². The van der Waals surface area contributed by atoms with E-state index in [1.807, 2.05) is 30.0 Å². The van der Waals surface area contributed by atoms with Gasteiger partial charge in [0.05, 0.1) is 17.6 Å². The number of likely N-dealkylation sites (N-methyl/N-ethyl adjacent to an activating group) is 1. The number of fused-ring (bicyclic) bond motifs is 1. The Labute approximate surface area is 159 Å². The van der Waals surface area contributed by atoms with Crippen LogP contribution in [0, 0.1) is 0 Å². The van der Waals surface area contributed by atoms with Crippen molar-refractivity contribution in [1.29, 1.82) is 0 Å². The maximum atomic E-state index is 11.6. The van der Waals surface area contributed by atoms with Gasteiger partial charge < -0.3 is 25.0 Å². The molecule has 3 rings (SSSR count). The molecular formula is C19H29N5O3. The highest BCUT2D eigenvalue weighted by Gasteiger charge is 2.25. The SMILES string of the molecule is CCNC(O)COc1ccc2nc(CN)n(C3CCN(C(C)=O)CC3)c2c1. The maximum absolute atomic E-state index is 11.6. The van der Waals surface area contributed by atoms with E-state index in [-0.39, 0.29) is 18.6 Å². The molecule has 1 aromatic carbocycles. The molecule has 0 saturated carbocycles. The van der Waals surface area contributed by atoms with E-state index in [2.05, 4.69) is 14.9 Å². The van der Waals surface area contributed by atoms with E-state index in [4.69, 9.17) is 10.5 Å². The number of aliphatic hydroxyl groups is 1. The minimum atomic E-state index is -0.703. The Morgan fingerprint density at radius 1 is 1.44 bits per heavy atom. The molecule has 1 saturated heterocycles. The average Bonchev–Trinajstić information content (AvgIpc) is 3.04. The molecule has 0 aliphatic carbocycles. The predicted molar refractivity (Wildman–Crippen MR) is 103 cm³/mol. The van der Waals surface area contributed by atoms with E-state index in [0.29, 0.717) is 18.8 Å². The summed E-state index contributed by atoms with van der Waals surface area (Å²) in [5, 5.41) is 12.7. The number of carbonyl (C=O) groups is 1. The molecule has 2 heterocycles. The molecule has 1 fully saturated rings. The van der Waals surface area contributed by atoms with Crippen molar-refractivity contribution >= 4 is 16.9 Å². The smallest absolute Gasteiger partial charge is 0.219 e. The summed E-state index contributed by atoms with van der Waals surface area (Å²) in [5.41, 5.74) is 7.80. The number of hydrogen-bond acceptors (Lipinski definition) is 6. The molecule has 1 aliphatic rings. The molecule has 4 N–H and O–H groups in total. The second-order valence-corrected chi connectivity index (χ2v) is 6.87. The third kappa shape index (κ3) is 4.40. The van der Waals surface area contributed by atoms with Crippen molar-refractivity contribution < 1.29 is 14.6 Å². The van der Waals surface area contributed by atoms with Gasteiger partial charge in [0.25, 0.3) is 0 Å². The summed E-state index contributed by atoms with van der Waals surface area (Å²) in [6, 6.07) is 5.99. The molecular weight excluding hydrogens is 346 g/mol. The molecule has 1 atom stereocenters. The number of imidazole rings is 1. The van der Waals surface area contributed by atoms with Crippen LogP contribution in [0.4, 0.5) is 0 Å². The fourth-order valence-corrected chi connectivity index (χ4v) is 3.67. The molecule has 2 aromatic rings. The Morgan fingerprint density at radius 3 is 2.81 bits per heavy atom. The van der Waals surface area contributed by atoms with Crippen LogP contribution in [0.15, 0.2) is 18.2 Å². The van der Waals surface area contributed by atoms with Crippen molar-refractivity contribution in [3.05, 3.63) is 24.0 Å². The van der Waals surface area contributed by atoms with E-state index in [0.717, 1.165) is 42.8 Å². The number of amides is 1. The minimum Gasteiger partial charge on any atom is -0.489 e. The molecule has 1 unspecified atom stereocenters. The molecule has 0 radical (unpaired) electrons. The number of aromatic nitrogens is 2. The van der Waals surface area contributed by atoms with E-state index in [1.165, 1.54) is 0 Å². The highest BCUT2D eigenvalue weighted by Crippen LogP contribution is 2.30. The summed E-state index contributed by atoms with van der Waals surface area (Å²) in [4.78, 5) is 18.1. The van der Waals surface area contributed by atoms with Gasteiger partial charge in [-0.2, -0.15) is 0 Å². The highest BCUT2D eigenvalue weighted by molar-refractivity contribution is 5.78. The van der Waals surface area contributed by atoms with Crippen LogP contribution in [0.3, 0.4) is 0 Å².